The van der Waals surface area contributed by atoms with Crippen molar-refractivity contribution in [2.24, 2.45) is 0 Å². The molecule has 220 valence electrons. The van der Waals surface area contributed by atoms with Crippen LogP contribution in [-0.4, -0.2) is 39.2 Å². The van der Waals surface area contributed by atoms with E-state index in [2.05, 4.69) is 38.1 Å². The largest absolute Gasteiger partial charge is 0.489 e. The molecule has 3 rings (SSSR count). The van der Waals surface area contributed by atoms with Gasteiger partial charge in [-0.1, -0.05) is 36.4 Å². The summed E-state index contributed by atoms with van der Waals surface area (Å²) in [5, 5.41) is 0. The lowest BCUT2D eigenvalue weighted by atomic mass is 9.95. The smallest absolute Gasteiger partial charge is 0.422 e. The molecule has 0 aromatic heterocycles. The van der Waals surface area contributed by atoms with Crippen LogP contribution in [0.15, 0.2) is 60.7 Å². The molecule has 0 fully saturated rings. The van der Waals surface area contributed by atoms with Gasteiger partial charge in [-0.3, -0.25) is 0 Å². The van der Waals surface area contributed by atoms with Gasteiger partial charge in [0, 0.05) is 0 Å². The number of hydrogen-bond acceptors (Lipinski definition) is 7. The van der Waals surface area contributed by atoms with Crippen molar-refractivity contribution in [3.63, 3.8) is 0 Å². The molecule has 1 unspecified atom stereocenters. The van der Waals surface area contributed by atoms with E-state index in [1.54, 1.807) is 39.8 Å². The van der Waals surface area contributed by atoms with Gasteiger partial charge in [-0.05, 0) is 106 Å². The van der Waals surface area contributed by atoms with E-state index in [0.717, 1.165) is 22.5 Å². The van der Waals surface area contributed by atoms with Crippen molar-refractivity contribution in [2.75, 3.05) is 11.4 Å². The Morgan fingerprint density at radius 3 is 2.15 bits per heavy atom. The topological polar surface area (TPSA) is 111 Å². The number of esters is 1. The van der Waals surface area contributed by atoms with Gasteiger partial charge in [0.1, 0.15) is 24.0 Å². The second-order valence-corrected chi connectivity index (χ2v) is 12.4. The number of benzene rings is 3. The lowest BCUT2D eigenvalue weighted by Crippen LogP contribution is -2.51. The van der Waals surface area contributed by atoms with E-state index in [1.165, 1.54) is 29.7 Å². The number of ether oxygens (including phenoxy) is 3. The second-order valence-electron chi connectivity index (χ2n) is 10.8. The van der Waals surface area contributed by atoms with E-state index in [9.17, 15) is 18.0 Å². The lowest BCUT2D eigenvalue weighted by Gasteiger charge is -2.30. The van der Waals surface area contributed by atoms with Gasteiger partial charge in [0.05, 0.1) is 12.8 Å². The minimum atomic E-state index is -4.56. The maximum atomic E-state index is 13.3. The Hall–Kier alpha value is -4.05. The Balaban J connectivity index is 1.86. The fourth-order valence-electron chi connectivity index (χ4n) is 4.48. The van der Waals surface area contributed by atoms with Gasteiger partial charge in [0.25, 0.3) is 0 Å². The van der Waals surface area contributed by atoms with E-state index >= 15 is 0 Å². The molecule has 0 saturated carbocycles. The zero-order chi connectivity index (χ0) is 30.5. The van der Waals surface area contributed by atoms with Crippen LogP contribution < -0.4 is 13.8 Å². The molecular formula is C31H38N2O7S. The first kappa shape index (κ1) is 31.5. The SMILES string of the molecule is COC(=O)C(C)N(c1ccc(OCc2cccc(-c3c(C)cccc3C)c2)cc1C)S(=O)(=O)NC(=O)OC(C)(C)C. The predicted octanol–water partition coefficient (Wildman–Crippen LogP) is 6.00. The van der Waals surface area contributed by atoms with Crippen LogP contribution in [0.1, 0.15) is 49.9 Å². The molecule has 0 saturated heterocycles. The van der Waals surface area contributed by atoms with Gasteiger partial charge < -0.3 is 14.2 Å². The Kier molecular flexibility index (Phi) is 9.70. The third-order valence-corrected chi connectivity index (χ3v) is 7.73. The van der Waals surface area contributed by atoms with Gasteiger partial charge in [0.2, 0.25) is 0 Å². The summed E-state index contributed by atoms with van der Waals surface area (Å²) in [4.78, 5) is 24.7. The molecule has 0 aliphatic rings. The van der Waals surface area contributed by atoms with Crippen LogP contribution in [0.4, 0.5) is 10.5 Å². The normalized spacial score (nSPS) is 12.3. The predicted molar refractivity (Wildman–Crippen MR) is 159 cm³/mol. The molecule has 3 aromatic carbocycles. The first-order valence-corrected chi connectivity index (χ1v) is 14.6. The van der Waals surface area contributed by atoms with Crippen LogP contribution in [0, 0.1) is 20.8 Å². The van der Waals surface area contributed by atoms with Gasteiger partial charge in [-0.2, -0.15) is 8.42 Å². The average molecular weight is 583 g/mol. The molecule has 0 heterocycles. The number of carbonyl (C=O) groups is 2. The molecule has 1 amide bonds. The number of amides is 1. The summed E-state index contributed by atoms with van der Waals surface area (Å²) in [6.45, 7) is 12.3. The van der Waals surface area contributed by atoms with Crippen LogP contribution in [0.25, 0.3) is 11.1 Å². The van der Waals surface area contributed by atoms with Crippen molar-refractivity contribution in [1.29, 1.82) is 0 Å². The van der Waals surface area contributed by atoms with Crippen molar-refractivity contribution in [1.82, 2.24) is 4.72 Å². The second kappa shape index (κ2) is 12.6. The molecule has 0 aliphatic heterocycles. The summed E-state index contributed by atoms with van der Waals surface area (Å²) in [5.74, 6) is -0.296. The first-order chi connectivity index (χ1) is 19.1. The van der Waals surface area contributed by atoms with E-state index in [0.29, 0.717) is 17.9 Å². The lowest BCUT2D eigenvalue weighted by molar-refractivity contribution is -0.141. The first-order valence-electron chi connectivity index (χ1n) is 13.1. The Morgan fingerprint density at radius 2 is 1.56 bits per heavy atom. The Morgan fingerprint density at radius 1 is 0.927 bits per heavy atom. The quantitative estimate of drug-likeness (QED) is 0.308. The van der Waals surface area contributed by atoms with Gasteiger partial charge in [0.15, 0.2) is 0 Å². The minimum absolute atomic E-state index is 0.170. The number of nitrogens with zero attached hydrogens (tertiary/aromatic N) is 1. The summed E-state index contributed by atoms with van der Waals surface area (Å²) in [5.41, 5.74) is 5.38. The minimum Gasteiger partial charge on any atom is -0.489 e. The van der Waals surface area contributed by atoms with E-state index < -0.39 is 33.9 Å². The van der Waals surface area contributed by atoms with Gasteiger partial charge >= 0.3 is 22.3 Å². The molecular weight excluding hydrogens is 544 g/mol. The van der Waals surface area contributed by atoms with Crippen molar-refractivity contribution in [3.8, 4) is 16.9 Å². The van der Waals surface area contributed by atoms with Crippen LogP contribution in [-0.2, 0) is 31.1 Å². The summed E-state index contributed by atoms with van der Waals surface area (Å²) in [7, 11) is -3.41. The highest BCUT2D eigenvalue weighted by molar-refractivity contribution is 7.91. The molecule has 1 atom stereocenters. The van der Waals surface area contributed by atoms with Crippen molar-refractivity contribution < 1.29 is 32.2 Å². The number of methoxy groups -OCH3 is 1. The number of nitrogens with one attached hydrogen (secondary N) is 1. The Bertz CT molecular complexity index is 1510. The Labute approximate surface area is 242 Å². The molecule has 0 aliphatic carbocycles. The van der Waals surface area contributed by atoms with Crippen LogP contribution in [0.2, 0.25) is 0 Å². The molecule has 41 heavy (non-hydrogen) atoms. The van der Waals surface area contributed by atoms with Gasteiger partial charge in [-0.15, -0.1) is 0 Å². The average Bonchev–Trinajstić information content (AvgIpc) is 2.86. The maximum Gasteiger partial charge on any atom is 0.422 e. The zero-order valence-corrected chi connectivity index (χ0v) is 25.6. The number of carbonyl (C=O) groups excluding carboxylic acids is 2. The van der Waals surface area contributed by atoms with Crippen molar-refractivity contribution in [2.45, 2.75) is 66.7 Å². The third-order valence-electron chi connectivity index (χ3n) is 6.27. The zero-order valence-electron chi connectivity index (χ0n) is 24.8. The highest BCUT2D eigenvalue weighted by Gasteiger charge is 2.36. The monoisotopic (exact) mass is 582 g/mol. The molecule has 10 heteroatoms. The summed E-state index contributed by atoms with van der Waals surface area (Å²) < 4.78 is 45.2. The fourth-order valence-corrected chi connectivity index (χ4v) is 5.80. The number of anilines is 1. The standard InChI is InChI=1S/C31H38N2O7S/c1-20-11-9-12-21(2)28(20)25-14-10-13-24(18-25)19-39-26-15-16-27(22(3)17-26)33(23(4)29(34)38-8)41(36,37)32-30(35)40-31(5,6)7/h9-18,23H,19H2,1-8H3,(H,32,35). The van der Waals surface area contributed by atoms with Crippen molar-refractivity contribution in [3.05, 3.63) is 82.9 Å². The molecule has 3 aromatic rings. The molecule has 1 N–H and O–H groups in total. The van der Waals surface area contributed by atoms with E-state index in [1.807, 2.05) is 22.9 Å². The number of rotatable bonds is 9. The molecule has 0 spiro atoms. The van der Waals surface area contributed by atoms with Crippen LogP contribution in [0.5, 0.6) is 5.75 Å². The van der Waals surface area contributed by atoms with E-state index in [4.69, 9.17) is 14.2 Å². The van der Waals surface area contributed by atoms with Crippen LogP contribution >= 0.6 is 0 Å². The summed E-state index contributed by atoms with van der Waals surface area (Å²) in [6.07, 6.45) is -1.17. The summed E-state index contributed by atoms with van der Waals surface area (Å²) in [6, 6.07) is 17.9. The fraction of sp³-hybridized carbons (Fsp3) is 0.355. The maximum absolute atomic E-state index is 13.3. The van der Waals surface area contributed by atoms with Crippen molar-refractivity contribution >= 4 is 28.0 Å². The molecule has 0 radical (unpaired) electrons. The van der Waals surface area contributed by atoms with Crippen LogP contribution in [0.3, 0.4) is 0 Å². The summed E-state index contributed by atoms with van der Waals surface area (Å²) >= 11 is 0. The molecule has 0 bridgehead atoms. The number of hydrogen-bond donors (Lipinski definition) is 1. The third kappa shape index (κ3) is 8.00. The molecule has 9 nitrogen and oxygen atoms in total. The number of aryl methyl sites for hydroxylation is 3. The van der Waals surface area contributed by atoms with Gasteiger partial charge in [-0.25, -0.2) is 18.6 Å². The highest BCUT2D eigenvalue weighted by Crippen LogP contribution is 2.31. The van der Waals surface area contributed by atoms with E-state index in [-0.39, 0.29) is 5.69 Å². The highest BCUT2D eigenvalue weighted by atomic mass is 32.2.